The van der Waals surface area contributed by atoms with Gasteiger partial charge in [-0.2, -0.15) is 0 Å². The lowest BCUT2D eigenvalue weighted by atomic mass is 9.86. The lowest BCUT2D eigenvalue weighted by molar-refractivity contribution is 0.259. The van der Waals surface area contributed by atoms with Crippen LogP contribution in [0.4, 0.5) is 0 Å². The molecule has 0 amide bonds. The van der Waals surface area contributed by atoms with E-state index in [-0.39, 0.29) is 17.6 Å². The number of likely N-dealkylation sites (N-methyl/N-ethyl adjacent to an activating group) is 1. The fourth-order valence-corrected chi connectivity index (χ4v) is 3.73. The smallest absolute Gasteiger partial charge is 0.150 e. The van der Waals surface area contributed by atoms with E-state index in [0.717, 1.165) is 40.1 Å². The Balaban J connectivity index is 1.76. The van der Waals surface area contributed by atoms with Gasteiger partial charge in [-0.1, -0.05) is 24.3 Å². The molecule has 30 heavy (non-hydrogen) atoms. The van der Waals surface area contributed by atoms with Gasteiger partial charge in [0, 0.05) is 17.7 Å². The zero-order valence-electron chi connectivity index (χ0n) is 17.1. The van der Waals surface area contributed by atoms with Crippen LogP contribution >= 0.6 is 0 Å². The molecule has 4 rings (SSSR count). The Bertz CT molecular complexity index is 1070. The van der Waals surface area contributed by atoms with Gasteiger partial charge in [-0.25, -0.2) is 0 Å². The molecule has 3 aromatic rings. The van der Waals surface area contributed by atoms with Crippen molar-refractivity contribution >= 4 is 11.1 Å². The third-order valence-electron chi connectivity index (χ3n) is 5.24. The summed E-state index contributed by atoms with van der Waals surface area (Å²) in [5, 5.41) is 23.1. The van der Waals surface area contributed by atoms with Crippen molar-refractivity contribution in [1.29, 1.82) is 0 Å². The Morgan fingerprint density at radius 3 is 2.47 bits per heavy atom. The van der Waals surface area contributed by atoms with Gasteiger partial charge in [0.2, 0.25) is 0 Å². The average molecular weight is 403 g/mol. The summed E-state index contributed by atoms with van der Waals surface area (Å²) in [6.45, 7) is 3.39. The van der Waals surface area contributed by atoms with Crippen LogP contribution in [0.5, 0.6) is 23.0 Å². The molecule has 1 unspecified atom stereocenters. The van der Waals surface area contributed by atoms with Crippen molar-refractivity contribution in [3.63, 3.8) is 0 Å². The standard InChI is InChI=1S/C25H25NO4/c1-16-22-15-20(28)8-11-23(22)30-25(24(16)18-4-3-5-19(27)14-18)17-6-9-21(10-7-17)29-13-12-26-2/h3-11,14-15,25-28H,12-13H2,1-2H3. The van der Waals surface area contributed by atoms with Crippen LogP contribution in [0.25, 0.3) is 11.1 Å². The van der Waals surface area contributed by atoms with Gasteiger partial charge in [-0.3, -0.25) is 0 Å². The molecule has 5 heteroatoms. The van der Waals surface area contributed by atoms with E-state index < -0.39 is 0 Å². The van der Waals surface area contributed by atoms with Crippen molar-refractivity contribution in [3.05, 3.63) is 83.4 Å². The number of nitrogens with one attached hydrogen (secondary N) is 1. The zero-order valence-corrected chi connectivity index (χ0v) is 17.1. The molecule has 3 aromatic carbocycles. The van der Waals surface area contributed by atoms with Crippen LogP contribution in [0, 0.1) is 0 Å². The van der Waals surface area contributed by atoms with Crippen molar-refractivity contribution in [1.82, 2.24) is 5.32 Å². The fourth-order valence-electron chi connectivity index (χ4n) is 3.73. The third-order valence-corrected chi connectivity index (χ3v) is 5.24. The van der Waals surface area contributed by atoms with E-state index in [9.17, 15) is 10.2 Å². The maximum absolute atomic E-state index is 10.0. The summed E-state index contributed by atoms with van der Waals surface area (Å²) in [6, 6.07) is 20.2. The van der Waals surface area contributed by atoms with E-state index in [2.05, 4.69) is 5.32 Å². The maximum Gasteiger partial charge on any atom is 0.150 e. The molecule has 0 radical (unpaired) electrons. The van der Waals surface area contributed by atoms with Crippen LogP contribution in [0.2, 0.25) is 0 Å². The Labute approximate surface area is 176 Å². The second-order valence-corrected chi connectivity index (χ2v) is 7.29. The van der Waals surface area contributed by atoms with Gasteiger partial charge in [0.1, 0.15) is 35.7 Å². The Hall–Kier alpha value is -3.44. The van der Waals surface area contributed by atoms with Crippen LogP contribution in [-0.4, -0.2) is 30.4 Å². The molecule has 0 aliphatic carbocycles. The lowest BCUT2D eigenvalue weighted by Gasteiger charge is -2.31. The number of hydrogen-bond acceptors (Lipinski definition) is 5. The maximum atomic E-state index is 10.0. The summed E-state index contributed by atoms with van der Waals surface area (Å²) in [4.78, 5) is 0. The SMILES string of the molecule is CNCCOc1ccc(C2Oc3ccc(O)cc3C(C)=C2c2cccc(O)c2)cc1. The minimum atomic E-state index is -0.352. The summed E-state index contributed by atoms with van der Waals surface area (Å²) in [5.74, 6) is 1.90. The first-order valence-electron chi connectivity index (χ1n) is 9.94. The molecule has 1 heterocycles. The molecular weight excluding hydrogens is 378 g/mol. The highest BCUT2D eigenvalue weighted by molar-refractivity contribution is 5.95. The summed E-state index contributed by atoms with van der Waals surface area (Å²) >= 11 is 0. The third kappa shape index (κ3) is 3.98. The normalized spacial score (nSPS) is 15.5. The van der Waals surface area contributed by atoms with Crippen molar-refractivity contribution < 1.29 is 19.7 Å². The molecule has 1 aliphatic rings. The number of phenols is 2. The van der Waals surface area contributed by atoms with Crippen molar-refractivity contribution in [2.75, 3.05) is 20.2 Å². The number of benzene rings is 3. The number of ether oxygens (including phenoxy) is 2. The zero-order chi connectivity index (χ0) is 21.1. The largest absolute Gasteiger partial charge is 0.508 e. The van der Waals surface area contributed by atoms with Gasteiger partial charge >= 0.3 is 0 Å². The molecular formula is C25H25NO4. The van der Waals surface area contributed by atoms with E-state index in [1.165, 1.54) is 0 Å². The number of fused-ring (bicyclic) bond motifs is 1. The summed E-state index contributed by atoms with van der Waals surface area (Å²) in [6.07, 6.45) is -0.352. The average Bonchev–Trinajstić information content (AvgIpc) is 2.75. The number of phenolic OH excluding ortho intramolecular Hbond substituents is 2. The number of hydrogen-bond donors (Lipinski definition) is 3. The van der Waals surface area contributed by atoms with Gasteiger partial charge in [0.25, 0.3) is 0 Å². The first-order chi connectivity index (χ1) is 14.6. The van der Waals surface area contributed by atoms with Crippen LogP contribution in [0.1, 0.15) is 29.7 Å². The van der Waals surface area contributed by atoms with Gasteiger partial charge < -0.3 is 25.0 Å². The first kappa shape index (κ1) is 19.9. The summed E-state index contributed by atoms with van der Waals surface area (Å²) in [7, 11) is 1.89. The van der Waals surface area contributed by atoms with Gasteiger partial charge in [0.15, 0.2) is 0 Å². The van der Waals surface area contributed by atoms with E-state index >= 15 is 0 Å². The Morgan fingerprint density at radius 2 is 1.73 bits per heavy atom. The molecule has 0 bridgehead atoms. The molecule has 3 N–H and O–H groups in total. The molecule has 0 saturated carbocycles. The molecule has 1 atom stereocenters. The Morgan fingerprint density at radius 1 is 0.967 bits per heavy atom. The molecule has 0 aromatic heterocycles. The molecule has 0 saturated heterocycles. The molecule has 0 fully saturated rings. The lowest BCUT2D eigenvalue weighted by Crippen LogP contribution is -2.17. The van der Waals surface area contributed by atoms with E-state index in [0.29, 0.717) is 12.4 Å². The fraction of sp³-hybridized carbons (Fsp3) is 0.200. The van der Waals surface area contributed by atoms with Crippen LogP contribution in [0.15, 0.2) is 66.7 Å². The molecule has 1 aliphatic heterocycles. The van der Waals surface area contributed by atoms with Crippen molar-refractivity contribution in [2.24, 2.45) is 0 Å². The van der Waals surface area contributed by atoms with Crippen molar-refractivity contribution in [3.8, 4) is 23.0 Å². The topological polar surface area (TPSA) is 71.0 Å². The minimum Gasteiger partial charge on any atom is -0.508 e. The quantitative estimate of drug-likeness (QED) is 0.518. The predicted octanol–water partition coefficient (Wildman–Crippen LogP) is 4.76. The second-order valence-electron chi connectivity index (χ2n) is 7.29. The van der Waals surface area contributed by atoms with Gasteiger partial charge in [0.05, 0.1) is 0 Å². The monoisotopic (exact) mass is 403 g/mol. The van der Waals surface area contributed by atoms with Gasteiger partial charge in [-0.15, -0.1) is 0 Å². The van der Waals surface area contributed by atoms with E-state index in [1.807, 2.05) is 50.4 Å². The molecule has 0 spiro atoms. The summed E-state index contributed by atoms with van der Waals surface area (Å²) < 4.78 is 12.1. The first-order valence-corrected chi connectivity index (χ1v) is 9.94. The highest BCUT2D eigenvalue weighted by Gasteiger charge is 2.29. The number of aromatic hydroxyl groups is 2. The predicted molar refractivity (Wildman–Crippen MR) is 118 cm³/mol. The van der Waals surface area contributed by atoms with E-state index in [1.54, 1.807) is 30.3 Å². The van der Waals surface area contributed by atoms with Gasteiger partial charge in [-0.05, 0) is 73.1 Å². The van der Waals surface area contributed by atoms with Crippen LogP contribution < -0.4 is 14.8 Å². The minimum absolute atomic E-state index is 0.188. The van der Waals surface area contributed by atoms with E-state index in [4.69, 9.17) is 9.47 Å². The highest BCUT2D eigenvalue weighted by Crippen LogP contribution is 2.47. The van der Waals surface area contributed by atoms with Crippen molar-refractivity contribution in [2.45, 2.75) is 13.0 Å². The molecule has 5 nitrogen and oxygen atoms in total. The number of rotatable bonds is 6. The Kier molecular flexibility index (Phi) is 5.63. The second kappa shape index (κ2) is 8.51. The van der Waals surface area contributed by atoms with Crippen LogP contribution in [-0.2, 0) is 0 Å². The van der Waals surface area contributed by atoms with Crippen LogP contribution in [0.3, 0.4) is 0 Å². The highest BCUT2D eigenvalue weighted by atomic mass is 16.5. The summed E-state index contributed by atoms with van der Waals surface area (Å²) in [5.41, 5.74) is 4.65. The molecule has 154 valence electrons. The number of allylic oxidation sites excluding steroid dienone is 1.